The number of para-hydroxylation sites is 1. The van der Waals surface area contributed by atoms with Gasteiger partial charge in [0.05, 0.1) is 18.3 Å². The summed E-state index contributed by atoms with van der Waals surface area (Å²) in [7, 11) is -2.67. The number of nitrogens with zero attached hydrogens (tertiary/aromatic N) is 5. The van der Waals surface area contributed by atoms with Crippen LogP contribution < -0.4 is 20.2 Å². The fraction of sp³-hybridized carbons (Fsp3) is 0.556. The average Bonchev–Trinajstić information content (AvgIpc) is 3.20. The Balaban J connectivity index is 1.44. The van der Waals surface area contributed by atoms with E-state index in [9.17, 15) is 14.5 Å². The highest BCUT2D eigenvalue weighted by Gasteiger charge is 2.90. The molecule has 3 heterocycles. The largest absolute Gasteiger partial charge is 0.462 e. The maximum atomic E-state index is 16.3. The number of nitrogen functional groups attached to an aromatic ring is 1. The molecule has 0 spiro atoms. The van der Waals surface area contributed by atoms with Gasteiger partial charge >= 0.3 is 13.7 Å². The zero-order valence-electron chi connectivity index (χ0n) is 24.9. The monoisotopic (exact) mass is 655 g/mol. The summed E-state index contributed by atoms with van der Waals surface area (Å²) >= 11 is 6.28. The first-order valence-electron chi connectivity index (χ1n) is 14.1. The number of aromatic nitrogens is 4. The van der Waals surface area contributed by atoms with Crippen LogP contribution in [0.1, 0.15) is 40.3 Å². The van der Waals surface area contributed by atoms with E-state index in [0.717, 1.165) is 6.42 Å². The van der Waals surface area contributed by atoms with Gasteiger partial charge in [-0.15, -0.1) is 11.6 Å². The van der Waals surface area contributed by atoms with Crippen LogP contribution in [0, 0.1) is 0 Å². The summed E-state index contributed by atoms with van der Waals surface area (Å²) < 4.78 is 54.5. The molecule has 2 aromatic heterocycles. The fourth-order valence-electron chi connectivity index (χ4n) is 5.35. The van der Waals surface area contributed by atoms with Crippen molar-refractivity contribution in [3.8, 4) is 5.75 Å². The van der Waals surface area contributed by atoms with Gasteiger partial charge in [-0.2, -0.15) is 15.1 Å². The van der Waals surface area contributed by atoms with E-state index in [1.807, 2.05) is 18.9 Å². The molecule has 3 aromatic rings. The average molecular weight is 656 g/mol. The Labute approximate surface area is 258 Å². The molecule has 2 aliphatic rings. The van der Waals surface area contributed by atoms with E-state index in [4.69, 9.17) is 35.9 Å². The number of esters is 1. The molecular weight excluding hydrogens is 620 g/mol. The maximum absolute atomic E-state index is 16.3. The molecule has 0 radical (unpaired) electrons. The Kier molecular flexibility index (Phi) is 8.84. The maximum Gasteiger partial charge on any atom is 0.459 e. The van der Waals surface area contributed by atoms with Gasteiger partial charge in [0.15, 0.2) is 35.0 Å². The molecule has 1 aliphatic heterocycles. The van der Waals surface area contributed by atoms with Crippen LogP contribution in [-0.4, -0.2) is 85.7 Å². The van der Waals surface area contributed by atoms with Crippen molar-refractivity contribution in [2.75, 3.05) is 30.1 Å². The van der Waals surface area contributed by atoms with Gasteiger partial charge in [0.1, 0.15) is 23.5 Å². The Morgan fingerprint density at radius 3 is 2.64 bits per heavy atom. The Morgan fingerprint density at radius 2 is 2.02 bits per heavy atom. The number of aliphatic hydroxyl groups is 1. The van der Waals surface area contributed by atoms with Crippen molar-refractivity contribution < 1.29 is 37.4 Å². The van der Waals surface area contributed by atoms with Crippen molar-refractivity contribution in [3.63, 3.8) is 0 Å². The molecule has 17 heteroatoms. The van der Waals surface area contributed by atoms with E-state index in [-0.39, 0.29) is 17.3 Å². The first kappa shape index (κ1) is 32.3. The molecule has 1 saturated heterocycles. The van der Waals surface area contributed by atoms with Crippen molar-refractivity contribution in [2.45, 2.75) is 76.0 Å². The minimum atomic E-state index is -4.49. The zero-order chi connectivity index (χ0) is 32.0. The molecule has 4 N–H and O–H groups in total. The summed E-state index contributed by atoms with van der Waals surface area (Å²) in [6.45, 7) is 7.39. The summed E-state index contributed by atoms with van der Waals surface area (Å²) in [6.07, 6.45) is -3.42. The van der Waals surface area contributed by atoms with E-state index in [1.165, 1.54) is 30.0 Å². The smallest absolute Gasteiger partial charge is 0.459 e. The van der Waals surface area contributed by atoms with E-state index in [2.05, 4.69) is 20.0 Å². The molecular formula is C27H36ClFN7O7P. The normalized spacial score (nSPS) is 28.0. The highest BCUT2D eigenvalue weighted by molar-refractivity contribution is 7.52. The van der Waals surface area contributed by atoms with Gasteiger partial charge < -0.3 is 29.7 Å². The number of carbonyl (C=O) groups excluding carboxylic acids is 1. The lowest BCUT2D eigenvalue weighted by molar-refractivity contribution is -0.149. The minimum Gasteiger partial charge on any atom is -0.462 e. The van der Waals surface area contributed by atoms with Crippen LogP contribution in [0.5, 0.6) is 5.75 Å². The summed E-state index contributed by atoms with van der Waals surface area (Å²) in [4.78, 5) is 27.3. The lowest BCUT2D eigenvalue weighted by Crippen LogP contribution is -2.38. The van der Waals surface area contributed by atoms with Crippen molar-refractivity contribution in [1.29, 1.82) is 0 Å². The zero-order valence-corrected chi connectivity index (χ0v) is 26.5. The number of alkyl halides is 2. The molecule has 1 saturated carbocycles. The number of carbonyl (C=O) groups is 1. The van der Waals surface area contributed by atoms with Crippen LogP contribution in [0.2, 0.25) is 0 Å². The number of benzene rings is 1. The number of fused-ring (bicyclic) bond motifs is 2. The van der Waals surface area contributed by atoms with Crippen LogP contribution in [0.4, 0.5) is 16.2 Å². The summed E-state index contributed by atoms with van der Waals surface area (Å²) in [5.41, 5.74) is 2.33. The topological polar surface area (TPSA) is 176 Å². The van der Waals surface area contributed by atoms with Crippen molar-refractivity contribution in [2.24, 2.45) is 0 Å². The number of nitrogens with one attached hydrogen (secondary N) is 1. The summed E-state index contributed by atoms with van der Waals surface area (Å²) in [5, 5.41) is 14.2. The third-order valence-corrected chi connectivity index (χ3v) is 9.54. The molecule has 5 rings (SSSR count). The van der Waals surface area contributed by atoms with E-state index < -0.39 is 61.4 Å². The van der Waals surface area contributed by atoms with Gasteiger partial charge in [-0.05, 0) is 39.3 Å². The molecule has 1 aliphatic carbocycles. The van der Waals surface area contributed by atoms with Gasteiger partial charge in [-0.25, -0.2) is 13.9 Å². The van der Waals surface area contributed by atoms with Crippen LogP contribution in [0.3, 0.4) is 0 Å². The number of hydrogen-bond acceptors (Lipinski definition) is 12. The predicted molar refractivity (Wildman–Crippen MR) is 160 cm³/mol. The molecule has 14 nitrogen and oxygen atoms in total. The second kappa shape index (κ2) is 12.0. The number of anilines is 2. The fourth-order valence-corrected chi connectivity index (χ4v) is 7.51. The molecule has 0 amide bonds. The third-order valence-electron chi connectivity index (χ3n) is 7.50. The number of ether oxygens (including phenoxy) is 2. The standard InChI is InChI=1S/C27H36ClFN7O7P/c1-6-12-35(5)20-18-21(33-25(30)32-20)36(14-31-18)22-19(29)27(38)24(26(27,13-28)41-22)43-44(39,42-17-10-8-7-9-11-17)34-16(4)23(37)40-15(2)3/h7-11,14-16,19,22,24,38H,6,12-13H2,1-5H3,(H,34,39)(H2,30,32,33)/t16-,19-,22+,24?,26+,27+,44+/m0/s1. The van der Waals surface area contributed by atoms with E-state index in [0.29, 0.717) is 17.9 Å². The van der Waals surface area contributed by atoms with Crippen molar-refractivity contribution in [3.05, 3.63) is 36.7 Å². The molecule has 44 heavy (non-hydrogen) atoms. The van der Waals surface area contributed by atoms with Gasteiger partial charge in [0, 0.05) is 13.6 Å². The Bertz CT molecular complexity index is 1560. The highest BCUT2D eigenvalue weighted by atomic mass is 35.5. The lowest BCUT2D eigenvalue weighted by atomic mass is 10.1. The molecule has 1 unspecified atom stereocenters. The molecule has 0 bridgehead atoms. The number of nitrogens with two attached hydrogens (primary N) is 1. The van der Waals surface area contributed by atoms with Gasteiger partial charge in [0.25, 0.3) is 0 Å². The second-order valence-corrected chi connectivity index (χ2v) is 13.0. The first-order valence-corrected chi connectivity index (χ1v) is 16.2. The minimum absolute atomic E-state index is 0.0575. The van der Waals surface area contributed by atoms with Crippen LogP contribution in [0.25, 0.3) is 11.2 Å². The molecule has 1 aromatic carbocycles. The molecule has 2 fully saturated rings. The van der Waals surface area contributed by atoms with Gasteiger partial charge in [-0.3, -0.25) is 13.9 Å². The van der Waals surface area contributed by atoms with Crippen molar-refractivity contribution >= 4 is 48.2 Å². The number of imidazole rings is 1. The van der Waals surface area contributed by atoms with E-state index in [1.54, 1.807) is 32.0 Å². The predicted octanol–water partition coefficient (Wildman–Crippen LogP) is 3.35. The number of rotatable bonds is 13. The molecule has 7 atom stereocenters. The quantitative estimate of drug-likeness (QED) is 0.139. The number of hydrogen-bond donors (Lipinski definition) is 3. The van der Waals surface area contributed by atoms with Gasteiger partial charge in [-0.1, -0.05) is 25.1 Å². The van der Waals surface area contributed by atoms with Crippen LogP contribution in [0.15, 0.2) is 36.7 Å². The highest BCUT2D eigenvalue weighted by Crippen LogP contribution is 2.69. The number of halogens is 2. The van der Waals surface area contributed by atoms with Crippen molar-refractivity contribution in [1.82, 2.24) is 24.6 Å². The summed E-state index contributed by atoms with van der Waals surface area (Å²) in [6, 6.07) is 6.86. The van der Waals surface area contributed by atoms with Crippen LogP contribution in [-0.2, 0) is 23.4 Å². The van der Waals surface area contributed by atoms with Crippen LogP contribution >= 0.6 is 19.3 Å². The lowest BCUT2D eigenvalue weighted by Gasteiger charge is -2.27. The Hall–Kier alpha value is -3.07. The Morgan fingerprint density at radius 1 is 1.32 bits per heavy atom. The SMILES string of the molecule is CCCN(C)c1nc(N)nc2c1ncn2[C@@H]1O[C@]2(CCl)C(O[P@@](=O)(N[C@@H](C)C(=O)OC(C)C)Oc3ccccc3)[C@]2(O)[C@H]1F. The third kappa shape index (κ3) is 5.50. The van der Waals surface area contributed by atoms with Gasteiger partial charge in [0.2, 0.25) is 5.95 Å². The molecule has 240 valence electrons. The first-order chi connectivity index (χ1) is 20.8. The van der Waals surface area contributed by atoms with E-state index >= 15 is 4.39 Å². The summed E-state index contributed by atoms with van der Waals surface area (Å²) in [5.74, 6) is -0.631. The second-order valence-electron chi connectivity index (χ2n) is 11.1.